The molecule has 5 heterocycles. The Morgan fingerprint density at radius 3 is 1.72 bits per heavy atom. The highest BCUT2D eigenvalue weighted by Crippen LogP contribution is 2.48. The summed E-state index contributed by atoms with van der Waals surface area (Å²) in [5.41, 5.74) is -1.53. The molecule has 25 heteroatoms. The fraction of sp³-hybridized carbons (Fsp3) is 0.759. The number of aromatic hydroxyl groups is 2. The van der Waals surface area contributed by atoms with Gasteiger partial charge in [-0.05, 0) is 84.9 Å². The second-order valence-corrected chi connectivity index (χ2v) is 22.3. The minimum absolute atomic E-state index is 0.0468. The standard InChI is InChI=1S/C54H78O25/c1-19-31(75-36-15-32(44(59)21(3)71-36)76-35-14-30(56)43(58)20(2)70-35)13-28-11-27-12-29(51(68-10)50(65)47(62)24(6)69-26(8)55)52(49(64)41(27)48(63)40(28)42(19)57)79-38-17-33(45(60)23(5)73-38)77-37-16-34(46(61)22(4)72-37)78-39-18-54(9,67)53(66)25(7)74-39/h11,13,20-25,29-30,32-39,43-47,51-53,56-63,66-67H,12,14-18H2,1-10H3/t20-,21-,22-,23-,24-,25-,29?,30-,32-,33-,34-,35+,36+,37+,38+,39+,43-,44-,45-,46+,47+,51+,52+,53-,54+/m1/s1. The van der Waals surface area contributed by atoms with E-state index >= 15 is 4.79 Å². The molecule has 1 aliphatic carbocycles. The van der Waals surface area contributed by atoms with Gasteiger partial charge in [-0.25, -0.2) is 0 Å². The van der Waals surface area contributed by atoms with Gasteiger partial charge in [0, 0.05) is 57.6 Å². The van der Waals surface area contributed by atoms with Gasteiger partial charge in [0.05, 0.1) is 71.5 Å². The SMILES string of the molecule is CO[C@H](C(=O)[C@@H](O)[C@@H](C)OC(C)=O)C1Cc2cc3cc(O[C@H]4C[C@@H](O[C@H]5C[C@@H](O)[C@H](O)[C@@H](C)O5)[C@H](O)[C@@H](C)O4)c(C)c(O)c3c(O)c2C(=O)[C@H]1O[C@H]1C[C@@H](O[C@H]2C[C@@H](O[C@H]3C[C@](C)(O)[C@H](O)[C@@H](C)O3)[C@@H](O)[C@@H](C)O2)[C@H](O)[C@@H](C)O1. The molecular formula is C54H78O25. The van der Waals surface area contributed by atoms with E-state index in [-0.39, 0.29) is 71.7 Å². The van der Waals surface area contributed by atoms with Gasteiger partial charge in [-0.2, -0.15) is 0 Å². The number of ketones is 2. The number of ether oxygens (including phenoxy) is 12. The Kier molecular flexibility index (Phi) is 19.1. The number of rotatable bonds is 16. The Labute approximate surface area is 456 Å². The molecule has 25 nitrogen and oxygen atoms in total. The molecule has 2 aromatic rings. The highest BCUT2D eigenvalue weighted by molar-refractivity contribution is 6.11. The van der Waals surface area contributed by atoms with Crippen LogP contribution in [0.25, 0.3) is 10.8 Å². The predicted octanol–water partition coefficient (Wildman–Crippen LogP) is 0.322. The molecule has 8 rings (SSSR count). The molecular weight excluding hydrogens is 1050 g/mol. The first-order valence-corrected chi connectivity index (χ1v) is 26.9. The average Bonchev–Trinajstić information content (AvgIpc) is 3.57. The number of fused-ring (bicyclic) bond motifs is 2. The first-order valence-electron chi connectivity index (χ1n) is 26.9. The van der Waals surface area contributed by atoms with Gasteiger partial charge in [0.25, 0.3) is 0 Å². The van der Waals surface area contributed by atoms with Crippen LogP contribution in [0.15, 0.2) is 12.1 Å². The minimum atomic E-state index is -1.94. The number of esters is 1. The number of phenols is 2. The topological polar surface area (TPSA) is 364 Å². The Balaban J connectivity index is 1.06. The molecule has 0 bridgehead atoms. The number of hydrogen-bond donors (Lipinski definition) is 10. The van der Waals surface area contributed by atoms with Crippen molar-refractivity contribution in [2.45, 2.75) is 248 Å². The van der Waals surface area contributed by atoms with Gasteiger partial charge in [0.1, 0.15) is 66.1 Å². The molecule has 0 radical (unpaired) electrons. The van der Waals surface area contributed by atoms with Gasteiger partial charge in [-0.1, -0.05) is 0 Å². The van der Waals surface area contributed by atoms with Crippen LogP contribution in [-0.2, 0) is 68.1 Å². The van der Waals surface area contributed by atoms with Gasteiger partial charge in [-0.3, -0.25) is 14.4 Å². The maximum atomic E-state index is 15.1. The van der Waals surface area contributed by atoms with Crippen LogP contribution in [0.3, 0.4) is 0 Å². The molecule has 10 N–H and O–H groups in total. The molecule has 0 saturated carbocycles. The van der Waals surface area contributed by atoms with Crippen molar-refractivity contribution in [3.05, 3.63) is 28.8 Å². The van der Waals surface area contributed by atoms with E-state index in [9.17, 15) is 60.7 Å². The summed E-state index contributed by atoms with van der Waals surface area (Å²) in [6, 6.07) is 3.02. The van der Waals surface area contributed by atoms with E-state index in [4.69, 9.17) is 56.8 Å². The molecule has 6 aliphatic rings. The van der Waals surface area contributed by atoms with Crippen molar-refractivity contribution in [3.8, 4) is 17.2 Å². The second-order valence-electron chi connectivity index (χ2n) is 22.3. The Hall–Kier alpha value is -3.81. The third kappa shape index (κ3) is 12.9. The zero-order valence-electron chi connectivity index (χ0n) is 45.8. The van der Waals surface area contributed by atoms with Crippen molar-refractivity contribution in [1.29, 1.82) is 0 Å². The maximum absolute atomic E-state index is 15.1. The highest BCUT2D eigenvalue weighted by Gasteiger charge is 2.52. The number of carbonyl (C=O) groups is 3. The lowest BCUT2D eigenvalue weighted by Gasteiger charge is -2.46. The van der Waals surface area contributed by atoms with Crippen LogP contribution in [0, 0.1) is 12.8 Å². The van der Waals surface area contributed by atoms with Crippen LogP contribution in [0.1, 0.15) is 109 Å². The summed E-state index contributed by atoms with van der Waals surface area (Å²) in [7, 11) is 1.18. The van der Waals surface area contributed by atoms with Crippen LogP contribution in [0.5, 0.6) is 17.2 Å². The van der Waals surface area contributed by atoms with Crippen molar-refractivity contribution < 1.29 is 122 Å². The fourth-order valence-electron chi connectivity index (χ4n) is 11.7. The van der Waals surface area contributed by atoms with Crippen molar-refractivity contribution in [2.24, 2.45) is 5.92 Å². The number of hydrogen-bond acceptors (Lipinski definition) is 25. The quantitative estimate of drug-likeness (QED) is 0.101. The molecule has 79 heavy (non-hydrogen) atoms. The van der Waals surface area contributed by atoms with Crippen LogP contribution >= 0.6 is 0 Å². The van der Waals surface area contributed by atoms with Crippen LogP contribution in [0.2, 0.25) is 0 Å². The van der Waals surface area contributed by atoms with E-state index in [0.29, 0.717) is 0 Å². The Bertz CT molecular complexity index is 2480. The summed E-state index contributed by atoms with van der Waals surface area (Å²) in [5.74, 6) is -4.94. The number of aliphatic hydroxyl groups is 8. The van der Waals surface area contributed by atoms with Crippen molar-refractivity contribution >= 4 is 28.3 Å². The first kappa shape index (κ1) is 61.3. The third-order valence-electron chi connectivity index (χ3n) is 16.2. The van der Waals surface area contributed by atoms with Gasteiger partial charge in [-0.15, -0.1) is 0 Å². The molecule has 5 aliphatic heterocycles. The van der Waals surface area contributed by atoms with E-state index in [1.54, 1.807) is 27.7 Å². The van der Waals surface area contributed by atoms with E-state index in [1.165, 1.54) is 46.9 Å². The number of aliphatic hydroxyl groups excluding tert-OH is 7. The Morgan fingerprint density at radius 1 is 0.696 bits per heavy atom. The molecule has 25 atom stereocenters. The molecule has 444 valence electrons. The van der Waals surface area contributed by atoms with Gasteiger partial charge >= 0.3 is 5.97 Å². The van der Waals surface area contributed by atoms with Crippen molar-refractivity contribution in [3.63, 3.8) is 0 Å². The zero-order valence-corrected chi connectivity index (χ0v) is 45.8. The summed E-state index contributed by atoms with van der Waals surface area (Å²) in [6.07, 6.45) is -27.2. The molecule has 0 amide bonds. The number of Topliss-reactive ketones (excluding diaryl/α,β-unsaturated/α-hetero) is 2. The molecule has 1 unspecified atom stereocenters. The van der Waals surface area contributed by atoms with Gasteiger partial charge in [0.15, 0.2) is 42.8 Å². The average molecular weight is 1130 g/mol. The summed E-state index contributed by atoms with van der Waals surface area (Å²) in [6.45, 7) is 13.3. The zero-order chi connectivity index (χ0) is 57.8. The predicted molar refractivity (Wildman–Crippen MR) is 268 cm³/mol. The monoisotopic (exact) mass is 1130 g/mol. The summed E-state index contributed by atoms with van der Waals surface area (Å²) in [5, 5.41) is 111. The largest absolute Gasteiger partial charge is 0.507 e. The summed E-state index contributed by atoms with van der Waals surface area (Å²) < 4.78 is 71.9. The maximum Gasteiger partial charge on any atom is 0.302 e. The van der Waals surface area contributed by atoms with Crippen LogP contribution in [-0.4, -0.2) is 223 Å². The van der Waals surface area contributed by atoms with Crippen molar-refractivity contribution in [1.82, 2.24) is 0 Å². The molecule has 0 spiro atoms. The third-order valence-corrected chi connectivity index (χ3v) is 16.2. The van der Waals surface area contributed by atoms with E-state index < -0.39 is 182 Å². The lowest BCUT2D eigenvalue weighted by molar-refractivity contribution is -0.334. The minimum Gasteiger partial charge on any atom is -0.507 e. The van der Waals surface area contributed by atoms with Crippen LogP contribution in [0.4, 0.5) is 0 Å². The lowest BCUT2D eigenvalue weighted by atomic mass is 9.75. The second kappa shape index (κ2) is 24.6. The number of methoxy groups -OCH3 is 1. The Morgan fingerprint density at radius 2 is 1.19 bits per heavy atom. The molecule has 2 aromatic carbocycles. The lowest BCUT2D eigenvalue weighted by Crippen LogP contribution is -2.58. The smallest absolute Gasteiger partial charge is 0.302 e. The number of benzene rings is 2. The number of phenolic OH excluding ortho intramolecular Hbond substituents is 2. The normalized spacial score (nSPS) is 41.2. The molecule has 5 saturated heterocycles. The summed E-state index contributed by atoms with van der Waals surface area (Å²) >= 11 is 0. The van der Waals surface area contributed by atoms with E-state index in [0.717, 1.165) is 6.92 Å². The van der Waals surface area contributed by atoms with E-state index in [2.05, 4.69) is 0 Å². The fourth-order valence-corrected chi connectivity index (χ4v) is 11.7. The van der Waals surface area contributed by atoms with Crippen LogP contribution < -0.4 is 4.74 Å². The first-order chi connectivity index (χ1) is 37.1. The number of carbonyl (C=O) groups excluding carboxylic acids is 3. The molecule has 5 fully saturated rings. The van der Waals surface area contributed by atoms with Gasteiger partial charge < -0.3 is 108 Å². The summed E-state index contributed by atoms with van der Waals surface area (Å²) in [4.78, 5) is 41.3. The highest BCUT2D eigenvalue weighted by atomic mass is 16.7. The van der Waals surface area contributed by atoms with Crippen molar-refractivity contribution in [2.75, 3.05) is 7.11 Å². The van der Waals surface area contributed by atoms with Gasteiger partial charge in [0.2, 0.25) is 6.29 Å². The van der Waals surface area contributed by atoms with E-state index in [1.807, 2.05) is 0 Å². The molecule has 0 aromatic heterocycles.